The Hall–Kier alpha value is -1.99. The highest BCUT2D eigenvalue weighted by Gasteiger charge is 2.12. The first-order valence-corrected chi connectivity index (χ1v) is 7.77. The van der Waals surface area contributed by atoms with Gasteiger partial charge in [-0.1, -0.05) is 25.2 Å². The molecule has 0 radical (unpaired) electrons. The largest absolute Gasteiger partial charge is 0.465 e. The molecule has 0 unspecified atom stereocenters. The Balaban J connectivity index is 1.82. The van der Waals surface area contributed by atoms with E-state index in [-0.39, 0.29) is 0 Å². The molecule has 0 amide bonds. The Bertz CT molecular complexity index is 724. The summed E-state index contributed by atoms with van der Waals surface area (Å²) in [5.41, 5.74) is 0. The lowest BCUT2D eigenvalue weighted by molar-refractivity contribution is 0.286. The second kappa shape index (κ2) is 6.19. The van der Waals surface area contributed by atoms with E-state index in [0.29, 0.717) is 0 Å². The molecule has 3 heterocycles. The number of hydrogen-bond acceptors (Lipinski definition) is 6. The van der Waals surface area contributed by atoms with Gasteiger partial charge in [0.25, 0.3) is 0 Å². The van der Waals surface area contributed by atoms with Crippen molar-refractivity contribution in [3.05, 3.63) is 35.0 Å². The molecule has 6 nitrogen and oxygen atoms in total. The van der Waals surface area contributed by atoms with Crippen molar-refractivity contribution >= 4 is 28.4 Å². The van der Waals surface area contributed by atoms with Gasteiger partial charge >= 0.3 is 0 Å². The highest BCUT2D eigenvalue weighted by Crippen LogP contribution is 2.17. The monoisotopic (exact) mass is 303 g/mol. The van der Waals surface area contributed by atoms with Crippen LogP contribution in [0.4, 0.5) is 0 Å². The second-order valence-electron chi connectivity index (χ2n) is 4.56. The van der Waals surface area contributed by atoms with Crippen molar-refractivity contribution < 1.29 is 4.42 Å². The topological polar surface area (TPSA) is 59.5 Å². The highest BCUT2D eigenvalue weighted by molar-refractivity contribution is 7.17. The summed E-state index contributed by atoms with van der Waals surface area (Å²) in [7, 11) is 0. The van der Waals surface area contributed by atoms with Gasteiger partial charge in [0.1, 0.15) is 10.8 Å². The van der Waals surface area contributed by atoms with Crippen LogP contribution in [0.25, 0.3) is 17.1 Å². The third kappa shape index (κ3) is 3.03. The molecule has 0 bridgehead atoms. The van der Waals surface area contributed by atoms with Crippen molar-refractivity contribution in [1.82, 2.24) is 24.7 Å². The van der Waals surface area contributed by atoms with E-state index in [4.69, 9.17) is 4.42 Å². The van der Waals surface area contributed by atoms with E-state index in [1.54, 1.807) is 6.26 Å². The van der Waals surface area contributed by atoms with Crippen molar-refractivity contribution in [3.63, 3.8) is 0 Å². The fourth-order valence-corrected chi connectivity index (χ4v) is 2.78. The van der Waals surface area contributed by atoms with E-state index < -0.39 is 0 Å². The van der Waals surface area contributed by atoms with Gasteiger partial charge in [0.15, 0.2) is 5.82 Å². The molecule has 0 spiro atoms. The summed E-state index contributed by atoms with van der Waals surface area (Å²) < 4.78 is 7.09. The summed E-state index contributed by atoms with van der Waals surface area (Å²) in [6.45, 7) is 7.02. The minimum atomic E-state index is 0.763. The van der Waals surface area contributed by atoms with Crippen molar-refractivity contribution in [3.8, 4) is 0 Å². The summed E-state index contributed by atoms with van der Waals surface area (Å²) in [4.78, 5) is 3.10. The highest BCUT2D eigenvalue weighted by atomic mass is 32.1. The Morgan fingerprint density at radius 1 is 1.29 bits per heavy atom. The number of aromatic nitrogens is 4. The molecule has 0 saturated carbocycles. The summed E-state index contributed by atoms with van der Waals surface area (Å²) in [5.74, 6) is 1.69. The summed E-state index contributed by atoms with van der Waals surface area (Å²) in [5, 5.41) is 13.8. The van der Waals surface area contributed by atoms with Crippen LogP contribution in [0, 0.1) is 0 Å². The first-order valence-electron chi connectivity index (χ1n) is 6.95. The predicted octanol–water partition coefficient (Wildman–Crippen LogP) is 2.79. The maximum atomic E-state index is 5.26. The van der Waals surface area contributed by atoms with Crippen molar-refractivity contribution in [2.75, 3.05) is 13.1 Å². The smallest absolute Gasteiger partial charge is 0.235 e. The van der Waals surface area contributed by atoms with Crippen molar-refractivity contribution in [1.29, 1.82) is 0 Å². The lowest BCUT2D eigenvalue weighted by atomic mass is 10.4. The average Bonchev–Trinajstić information content (AvgIpc) is 3.20. The van der Waals surface area contributed by atoms with Crippen LogP contribution in [0.3, 0.4) is 0 Å². The van der Waals surface area contributed by atoms with E-state index in [1.165, 1.54) is 11.3 Å². The maximum Gasteiger partial charge on any atom is 0.235 e. The summed E-state index contributed by atoms with van der Waals surface area (Å²) in [6.07, 6.45) is 5.48. The molecule has 3 aromatic heterocycles. The van der Waals surface area contributed by atoms with Crippen LogP contribution >= 0.6 is 11.3 Å². The predicted molar refractivity (Wildman–Crippen MR) is 82.9 cm³/mol. The van der Waals surface area contributed by atoms with Crippen molar-refractivity contribution in [2.24, 2.45) is 0 Å². The molecule has 0 atom stereocenters. The fourth-order valence-electron chi connectivity index (χ4n) is 2.02. The second-order valence-corrected chi connectivity index (χ2v) is 5.55. The maximum absolute atomic E-state index is 5.26. The van der Waals surface area contributed by atoms with Gasteiger partial charge in [0.05, 0.1) is 12.8 Å². The molecule has 0 aliphatic heterocycles. The van der Waals surface area contributed by atoms with E-state index in [9.17, 15) is 0 Å². The van der Waals surface area contributed by atoms with Gasteiger partial charge in [-0.25, -0.2) is 0 Å². The van der Waals surface area contributed by atoms with Crippen LogP contribution < -0.4 is 0 Å². The molecule has 0 saturated heterocycles. The van der Waals surface area contributed by atoms with Crippen LogP contribution in [0.1, 0.15) is 30.4 Å². The standard InChI is InChI=1S/C14H17N5OS/c1-3-18(4-2)10-12-15-16-14-19(12)17-13(21-14)8-7-11-6-5-9-20-11/h5-9H,3-4,10H2,1-2H3/b8-7+. The minimum Gasteiger partial charge on any atom is -0.465 e. The Labute approximate surface area is 126 Å². The lowest BCUT2D eigenvalue weighted by Crippen LogP contribution is -2.23. The molecule has 3 rings (SSSR count). The van der Waals surface area contributed by atoms with Gasteiger partial charge < -0.3 is 4.42 Å². The van der Waals surface area contributed by atoms with E-state index in [0.717, 1.165) is 41.2 Å². The number of hydrogen-bond donors (Lipinski definition) is 0. The van der Waals surface area contributed by atoms with Gasteiger partial charge in [-0.15, -0.1) is 10.2 Å². The number of furan rings is 1. The zero-order valence-electron chi connectivity index (χ0n) is 12.1. The SMILES string of the molecule is CCN(CC)Cc1nnc2sc(/C=C/c3ccco3)nn12. The van der Waals surface area contributed by atoms with Crippen LogP contribution in [0.5, 0.6) is 0 Å². The first-order chi connectivity index (χ1) is 10.3. The van der Waals surface area contributed by atoms with E-state index in [2.05, 4.69) is 34.0 Å². The molecular weight excluding hydrogens is 286 g/mol. The summed E-state index contributed by atoms with van der Waals surface area (Å²) in [6, 6.07) is 3.77. The van der Waals surface area contributed by atoms with Crippen LogP contribution in [-0.2, 0) is 6.54 Å². The molecule has 0 fully saturated rings. The molecule has 0 aliphatic rings. The molecule has 0 aromatic carbocycles. The van der Waals surface area contributed by atoms with E-state index >= 15 is 0 Å². The number of nitrogens with zero attached hydrogens (tertiary/aromatic N) is 5. The fraction of sp³-hybridized carbons (Fsp3) is 0.357. The van der Waals surface area contributed by atoms with Crippen LogP contribution in [-0.4, -0.2) is 37.8 Å². The van der Waals surface area contributed by atoms with Gasteiger partial charge in [0, 0.05) is 0 Å². The van der Waals surface area contributed by atoms with Gasteiger partial charge in [-0.05, 0) is 37.4 Å². The quantitative estimate of drug-likeness (QED) is 0.701. The number of rotatable bonds is 6. The molecule has 3 aromatic rings. The average molecular weight is 303 g/mol. The third-order valence-electron chi connectivity index (χ3n) is 3.26. The van der Waals surface area contributed by atoms with Gasteiger partial charge in [-0.3, -0.25) is 4.90 Å². The van der Waals surface area contributed by atoms with Crippen LogP contribution in [0.15, 0.2) is 22.8 Å². The first kappa shape index (κ1) is 14.0. The molecule has 7 heteroatoms. The zero-order chi connectivity index (χ0) is 14.7. The van der Waals surface area contributed by atoms with E-state index in [1.807, 2.05) is 28.8 Å². The third-order valence-corrected chi connectivity index (χ3v) is 4.13. The van der Waals surface area contributed by atoms with Crippen molar-refractivity contribution in [2.45, 2.75) is 20.4 Å². The number of fused-ring (bicyclic) bond motifs is 1. The molecule has 0 N–H and O–H groups in total. The molecule has 0 aliphatic carbocycles. The Morgan fingerprint density at radius 3 is 2.86 bits per heavy atom. The Morgan fingerprint density at radius 2 is 2.14 bits per heavy atom. The minimum absolute atomic E-state index is 0.763. The zero-order valence-corrected chi connectivity index (χ0v) is 12.9. The van der Waals surface area contributed by atoms with Crippen LogP contribution in [0.2, 0.25) is 0 Å². The Kier molecular flexibility index (Phi) is 4.12. The molecular formula is C14H17N5OS. The molecule has 110 valence electrons. The lowest BCUT2D eigenvalue weighted by Gasteiger charge is -2.15. The van der Waals surface area contributed by atoms with Gasteiger partial charge in [-0.2, -0.15) is 9.61 Å². The molecule has 21 heavy (non-hydrogen) atoms. The summed E-state index contributed by atoms with van der Waals surface area (Å²) >= 11 is 1.51. The normalized spacial score (nSPS) is 12.1. The van der Waals surface area contributed by atoms with Gasteiger partial charge in [0.2, 0.25) is 4.96 Å².